The molecule has 4 N–H and O–H groups in total. The summed E-state index contributed by atoms with van der Waals surface area (Å²) in [6.45, 7) is 1.54. The number of carbonyl (C=O) groups is 2. The second kappa shape index (κ2) is 6.98. The van der Waals surface area contributed by atoms with Gasteiger partial charge in [-0.3, -0.25) is 20.4 Å². The lowest BCUT2D eigenvalue weighted by Crippen LogP contribution is -2.48. The molecule has 18 heavy (non-hydrogen) atoms. The molecule has 0 bridgehead atoms. The van der Waals surface area contributed by atoms with Gasteiger partial charge >= 0.3 is 0 Å². The molecular weight excluding hydrogens is 254 g/mol. The van der Waals surface area contributed by atoms with E-state index in [4.69, 9.17) is 17.3 Å². The summed E-state index contributed by atoms with van der Waals surface area (Å²) in [5.74, 6) is -0.686. The van der Waals surface area contributed by atoms with Crippen molar-refractivity contribution < 1.29 is 9.59 Å². The van der Waals surface area contributed by atoms with Gasteiger partial charge < -0.3 is 5.73 Å². The summed E-state index contributed by atoms with van der Waals surface area (Å²) in [6, 6.07) is 6.60. The molecule has 5 nitrogen and oxygen atoms in total. The summed E-state index contributed by atoms with van der Waals surface area (Å²) < 4.78 is 0. The molecule has 0 aliphatic heterocycles. The number of benzene rings is 1. The van der Waals surface area contributed by atoms with Gasteiger partial charge in [0.15, 0.2) is 0 Å². The summed E-state index contributed by atoms with van der Waals surface area (Å²) in [4.78, 5) is 22.5. The Morgan fingerprint density at radius 2 is 1.89 bits per heavy atom. The maximum Gasteiger partial charge on any atom is 0.254 e. The first kappa shape index (κ1) is 14.5. The fraction of sp³-hybridized carbons (Fsp3) is 0.333. The predicted octanol–water partition coefficient (Wildman–Crippen LogP) is 0.767. The van der Waals surface area contributed by atoms with Gasteiger partial charge in [0.25, 0.3) is 5.91 Å². The van der Waals surface area contributed by atoms with Crippen molar-refractivity contribution in [1.82, 2.24) is 10.9 Å². The van der Waals surface area contributed by atoms with Gasteiger partial charge in [-0.15, -0.1) is 0 Å². The minimum absolute atomic E-state index is 0.265. The van der Waals surface area contributed by atoms with Crippen molar-refractivity contribution in [3.63, 3.8) is 0 Å². The molecule has 1 unspecified atom stereocenters. The van der Waals surface area contributed by atoms with Crippen molar-refractivity contribution >= 4 is 23.4 Å². The molecular formula is C12H16ClN3O2. The first-order valence-corrected chi connectivity index (χ1v) is 5.95. The first-order valence-electron chi connectivity index (χ1n) is 5.58. The molecule has 0 fully saturated rings. The molecule has 0 aliphatic carbocycles. The normalized spacial score (nSPS) is 11.7. The van der Waals surface area contributed by atoms with Crippen LogP contribution in [0.4, 0.5) is 0 Å². The average molecular weight is 270 g/mol. The highest BCUT2D eigenvalue weighted by Gasteiger charge is 2.08. The molecule has 0 saturated heterocycles. The van der Waals surface area contributed by atoms with Crippen molar-refractivity contribution in [1.29, 1.82) is 0 Å². The summed E-state index contributed by atoms with van der Waals surface area (Å²) in [7, 11) is 0. The van der Waals surface area contributed by atoms with E-state index in [1.54, 1.807) is 12.1 Å². The number of amides is 2. The Morgan fingerprint density at radius 3 is 2.44 bits per heavy atom. The second-order valence-corrected chi connectivity index (χ2v) is 4.39. The number of rotatable bonds is 4. The quantitative estimate of drug-likeness (QED) is 0.706. The summed E-state index contributed by atoms with van der Waals surface area (Å²) in [6.07, 6.45) is 0.859. The monoisotopic (exact) mass is 269 g/mol. The van der Waals surface area contributed by atoms with Crippen molar-refractivity contribution in [2.75, 3.05) is 0 Å². The highest BCUT2D eigenvalue weighted by atomic mass is 35.5. The van der Waals surface area contributed by atoms with E-state index < -0.39 is 11.9 Å². The van der Waals surface area contributed by atoms with E-state index in [0.29, 0.717) is 11.4 Å². The van der Waals surface area contributed by atoms with Gasteiger partial charge in [-0.25, -0.2) is 0 Å². The summed E-state index contributed by atoms with van der Waals surface area (Å²) in [5.41, 5.74) is 10.9. The van der Waals surface area contributed by atoms with Crippen molar-refractivity contribution in [3.8, 4) is 0 Å². The van der Waals surface area contributed by atoms with Crippen LogP contribution in [0.1, 0.15) is 18.9 Å². The molecule has 0 saturated carbocycles. The van der Waals surface area contributed by atoms with E-state index in [1.165, 1.54) is 6.92 Å². The average Bonchev–Trinajstić information content (AvgIpc) is 2.35. The molecule has 6 heteroatoms. The highest BCUT2D eigenvalue weighted by molar-refractivity contribution is 6.30. The third-order valence-corrected chi connectivity index (χ3v) is 2.54. The zero-order chi connectivity index (χ0) is 13.5. The van der Waals surface area contributed by atoms with Crippen LogP contribution in [-0.4, -0.2) is 17.9 Å². The Labute approximate surface area is 111 Å². The van der Waals surface area contributed by atoms with Crippen LogP contribution >= 0.6 is 11.6 Å². The molecule has 98 valence electrons. The minimum atomic E-state index is -0.651. The van der Waals surface area contributed by atoms with Crippen molar-refractivity contribution in [2.24, 2.45) is 5.73 Å². The standard InChI is InChI=1S/C12H16ClN3O2/c1-8(14)12(18)16-15-11(17)7-4-9-2-5-10(13)6-3-9/h2-3,5-6,8H,4,7,14H2,1H3,(H,15,17)(H,16,18). The van der Waals surface area contributed by atoms with E-state index >= 15 is 0 Å². The maximum atomic E-state index is 11.4. The van der Waals surface area contributed by atoms with Crippen LogP contribution in [0.15, 0.2) is 24.3 Å². The summed E-state index contributed by atoms with van der Waals surface area (Å²) >= 11 is 5.75. The molecule has 0 aliphatic rings. The zero-order valence-corrected chi connectivity index (χ0v) is 10.8. The third-order valence-electron chi connectivity index (χ3n) is 2.29. The molecule has 1 aromatic carbocycles. The number of nitrogens with one attached hydrogen (secondary N) is 2. The topological polar surface area (TPSA) is 84.2 Å². The Hall–Kier alpha value is -1.59. The second-order valence-electron chi connectivity index (χ2n) is 3.95. The van der Waals surface area contributed by atoms with Gasteiger partial charge in [-0.05, 0) is 31.0 Å². The SMILES string of the molecule is CC(N)C(=O)NNC(=O)CCc1ccc(Cl)cc1. The van der Waals surface area contributed by atoms with E-state index in [-0.39, 0.29) is 12.3 Å². The number of aryl methyl sites for hydroxylation is 1. The van der Waals surface area contributed by atoms with E-state index in [1.807, 2.05) is 12.1 Å². The van der Waals surface area contributed by atoms with Crippen molar-refractivity contribution in [2.45, 2.75) is 25.8 Å². The molecule has 0 heterocycles. The predicted molar refractivity (Wildman–Crippen MR) is 69.7 cm³/mol. The molecule has 1 atom stereocenters. The highest BCUT2D eigenvalue weighted by Crippen LogP contribution is 2.10. The van der Waals surface area contributed by atoms with Gasteiger partial charge in [0.05, 0.1) is 6.04 Å². The van der Waals surface area contributed by atoms with Crippen LogP contribution in [-0.2, 0) is 16.0 Å². The lowest BCUT2D eigenvalue weighted by Gasteiger charge is -2.09. The molecule has 0 spiro atoms. The number of nitrogens with two attached hydrogens (primary N) is 1. The first-order chi connectivity index (χ1) is 8.49. The van der Waals surface area contributed by atoms with Crippen LogP contribution in [0.3, 0.4) is 0 Å². The fourth-order valence-corrected chi connectivity index (χ4v) is 1.34. The number of hydrogen-bond donors (Lipinski definition) is 3. The van der Waals surface area contributed by atoms with Crippen LogP contribution in [0.2, 0.25) is 5.02 Å². The lowest BCUT2D eigenvalue weighted by molar-refractivity contribution is -0.129. The fourth-order valence-electron chi connectivity index (χ4n) is 1.22. The number of carbonyl (C=O) groups excluding carboxylic acids is 2. The number of halogens is 1. The summed E-state index contributed by atoms with van der Waals surface area (Å²) in [5, 5.41) is 0.660. The van der Waals surface area contributed by atoms with Gasteiger partial charge in [0.2, 0.25) is 5.91 Å². The van der Waals surface area contributed by atoms with Crippen LogP contribution in [0.5, 0.6) is 0 Å². The Kier molecular flexibility index (Phi) is 5.61. The minimum Gasteiger partial charge on any atom is -0.320 e. The van der Waals surface area contributed by atoms with E-state index in [0.717, 1.165) is 5.56 Å². The molecule has 2 amide bonds. The zero-order valence-electron chi connectivity index (χ0n) is 10.1. The molecule has 0 radical (unpaired) electrons. The largest absolute Gasteiger partial charge is 0.320 e. The number of hydrogen-bond acceptors (Lipinski definition) is 3. The lowest BCUT2D eigenvalue weighted by atomic mass is 10.1. The molecule has 1 aromatic rings. The molecule has 0 aromatic heterocycles. The van der Waals surface area contributed by atoms with Crippen LogP contribution in [0.25, 0.3) is 0 Å². The van der Waals surface area contributed by atoms with E-state index in [9.17, 15) is 9.59 Å². The van der Waals surface area contributed by atoms with Crippen LogP contribution in [0, 0.1) is 0 Å². The maximum absolute atomic E-state index is 11.4. The molecule has 1 rings (SSSR count). The van der Waals surface area contributed by atoms with E-state index in [2.05, 4.69) is 10.9 Å². The van der Waals surface area contributed by atoms with Gasteiger partial charge in [0, 0.05) is 11.4 Å². The van der Waals surface area contributed by atoms with Gasteiger partial charge in [-0.1, -0.05) is 23.7 Å². The van der Waals surface area contributed by atoms with Crippen LogP contribution < -0.4 is 16.6 Å². The Balaban J connectivity index is 2.29. The Bertz CT molecular complexity index is 418. The van der Waals surface area contributed by atoms with Gasteiger partial charge in [-0.2, -0.15) is 0 Å². The Morgan fingerprint density at radius 1 is 1.28 bits per heavy atom. The number of hydrazine groups is 1. The smallest absolute Gasteiger partial charge is 0.254 e. The van der Waals surface area contributed by atoms with Crippen molar-refractivity contribution in [3.05, 3.63) is 34.9 Å². The van der Waals surface area contributed by atoms with Gasteiger partial charge in [0.1, 0.15) is 0 Å². The third kappa shape index (κ3) is 5.16.